The van der Waals surface area contributed by atoms with Crippen LogP contribution >= 0.6 is 22.9 Å². The minimum atomic E-state index is -0.701. The van der Waals surface area contributed by atoms with Crippen molar-refractivity contribution >= 4 is 34.3 Å². The Labute approximate surface area is 153 Å². The first kappa shape index (κ1) is 17.2. The summed E-state index contributed by atoms with van der Waals surface area (Å²) in [6.45, 7) is 1.96. The van der Waals surface area contributed by atoms with Gasteiger partial charge in [-0.15, -0.1) is 11.3 Å². The lowest BCUT2D eigenvalue weighted by atomic mass is 10.1. The van der Waals surface area contributed by atoms with Gasteiger partial charge in [0.1, 0.15) is 28.2 Å². The molecule has 2 aromatic carbocycles. The molecule has 0 fully saturated rings. The third-order valence-corrected chi connectivity index (χ3v) is 4.86. The van der Waals surface area contributed by atoms with Crippen molar-refractivity contribution in [3.63, 3.8) is 0 Å². The fraction of sp³-hybridized carbons (Fsp3) is 0.0526. The molecule has 0 saturated carbocycles. The molecule has 0 atom stereocenters. The number of nitrogens with zero attached hydrogens (tertiary/aromatic N) is 2. The third kappa shape index (κ3) is 3.27. The first-order valence-corrected chi connectivity index (χ1v) is 8.58. The lowest BCUT2D eigenvalue weighted by molar-refractivity contribution is 0.504. The Hall–Kier alpha value is -2.68. The minimum Gasteiger partial charge on any atom is -0.506 e. The largest absolute Gasteiger partial charge is 0.506 e. The number of aliphatic hydroxyl groups excluding tert-OH is 1. The fourth-order valence-corrected chi connectivity index (χ4v) is 3.49. The van der Waals surface area contributed by atoms with Gasteiger partial charge in [0.25, 0.3) is 0 Å². The van der Waals surface area contributed by atoms with E-state index in [4.69, 9.17) is 11.6 Å². The molecule has 1 N–H and O–H groups in total. The molecule has 0 spiro atoms. The predicted molar refractivity (Wildman–Crippen MR) is 98.8 cm³/mol. The molecule has 0 radical (unpaired) electrons. The standard InChI is InChI=1S/C19H12ClFN2OS/c1-11-5-2-3-6-12(11)16-10-25-19(23-16)13(9-22)18(24)17-14(20)7-4-8-15(17)21/h2-8,10,24H,1H3/b18-13+. The third-order valence-electron chi connectivity index (χ3n) is 3.69. The molecule has 3 nitrogen and oxygen atoms in total. The van der Waals surface area contributed by atoms with Crippen molar-refractivity contribution in [1.82, 2.24) is 4.98 Å². The van der Waals surface area contributed by atoms with Crippen LogP contribution in [0.25, 0.3) is 22.6 Å². The molecule has 0 aliphatic carbocycles. The zero-order valence-electron chi connectivity index (χ0n) is 13.1. The van der Waals surface area contributed by atoms with Gasteiger partial charge >= 0.3 is 0 Å². The van der Waals surface area contributed by atoms with E-state index in [2.05, 4.69) is 4.98 Å². The predicted octanol–water partition coefficient (Wildman–Crippen LogP) is 5.86. The summed E-state index contributed by atoms with van der Waals surface area (Å²) in [5, 5.41) is 22.0. The lowest BCUT2D eigenvalue weighted by Crippen LogP contribution is -1.95. The van der Waals surface area contributed by atoms with E-state index < -0.39 is 11.6 Å². The monoisotopic (exact) mass is 370 g/mol. The summed E-state index contributed by atoms with van der Waals surface area (Å²) >= 11 is 7.18. The first-order chi connectivity index (χ1) is 12.0. The Balaban J connectivity index is 2.12. The summed E-state index contributed by atoms with van der Waals surface area (Å²) in [5.41, 5.74) is 2.36. The molecule has 0 amide bonds. The number of thiazole rings is 1. The van der Waals surface area contributed by atoms with Crippen molar-refractivity contribution < 1.29 is 9.50 Å². The molecule has 3 aromatic rings. The number of nitriles is 1. The van der Waals surface area contributed by atoms with Gasteiger partial charge in [0, 0.05) is 10.9 Å². The van der Waals surface area contributed by atoms with Gasteiger partial charge in [-0.25, -0.2) is 9.37 Å². The molecular weight excluding hydrogens is 359 g/mol. The highest BCUT2D eigenvalue weighted by Gasteiger charge is 2.20. The summed E-state index contributed by atoms with van der Waals surface area (Å²) in [4.78, 5) is 4.43. The van der Waals surface area contributed by atoms with Crippen LogP contribution in [0, 0.1) is 24.1 Å². The number of aryl methyl sites for hydroxylation is 1. The molecule has 3 rings (SSSR count). The molecule has 124 valence electrons. The highest BCUT2D eigenvalue weighted by Crippen LogP contribution is 2.34. The Kier molecular flexibility index (Phi) is 4.84. The zero-order valence-corrected chi connectivity index (χ0v) is 14.7. The van der Waals surface area contributed by atoms with Gasteiger partial charge in [0.15, 0.2) is 0 Å². The van der Waals surface area contributed by atoms with E-state index in [9.17, 15) is 14.8 Å². The summed E-state index contributed by atoms with van der Waals surface area (Å²) < 4.78 is 14.0. The number of rotatable bonds is 3. The number of hydrogen-bond acceptors (Lipinski definition) is 4. The quantitative estimate of drug-likeness (QED) is 0.464. The van der Waals surface area contributed by atoms with Gasteiger partial charge in [-0.3, -0.25) is 0 Å². The summed E-state index contributed by atoms with van der Waals surface area (Å²) in [6, 6.07) is 13.7. The second kappa shape index (κ2) is 7.06. The smallest absolute Gasteiger partial charge is 0.148 e. The van der Waals surface area contributed by atoms with Crippen LogP contribution in [0.2, 0.25) is 5.02 Å². The lowest BCUT2D eigenvalue weighted by Gasteiger charge is -2.06. The van der Waals surface area contributed by atoms with E-state index in [-0.39, 0.29) is 16.2 Å². The van der Waals surface area contributed by atoms with Crippen LogP contribution in [-0.4, -0.2) is 10.1 Å². The zero-order chi connectivity index (χ0) is 18.0. The Morgan fingerprint density at radius 2 is 2.00 bits per heavy atom. The van der Waals surface area contributed by atoms with E-state index in [0.717, 1.165) is 11.1 Å². The van der Waals surface area contributed by atoms with Crippen molar-refractivity contribution in [2.24, 2.45) is 0 Å². The van der Waals surface area contributed by atoms with Crippen LogP contribution in [0.15, 0.2) is 47.8 Å². The molecule has 0 unspecified atom stereocenters. The van der Waals surface area contributed by atoms with E-state index >= 15 is 0 Å². The molecule has 6 heteroatoms. The van der Waals surface area contributed by atoms with Crippen LogP contribution in [0.5, 0.6) is 0 Å². The van der Waals surface area contributed by atoms with Crippen molar-refractivity contribution in [2.75, 3.05) is 0 Å². The van der Waals surface area contributed by atoms with E-state index in [1.165, 1.54) is 29.5 Å². The summed E-state index contributed by atoms with van der Waals surface area (Å²) in [6.07, 6.45) is 0. The van der Waals surface area contributed by atoms with E-state index in [0.29, 0.717) is 10.7 Å². The number of aromatic nitrogens is 1. The second-order valence-electron chi connectivity index (χ2n) is 5.28. The van der Waals surface area contributed by atoms with Crippen molar-refractivity contribution in [3.05, 3.63) is 74.8 Å². The maximum absolute atomic E-state index is 14.0. The second-order valence-corrected chi connectivity index (χ2v) is 6.55. The molecule has 1 heterocycles. The molecule has 1 aromatic heterocycles. The Morgan fingerprint density at radius 3 is 2.68 bits per heavy atom. The fourth-order valence-electron chi connectivity index (χ4n) is 2.42. The molecule has 25 heavy (non-hydrogen) atoms. The number of benzene rings is 2. The maximum Gasteiger partial charge on any atom is 0.148 e. The van der Waals surface area contributed by atoms with Gasteiger partial charge in [-0.05, 0) is 24.6 Å². The number of allylic oxidation sites excluding steroid dienone is 1. The van der Waals surface area contributed by atoms with Crippen molar-refractivity contribution in [2.45, 2.75) is 6.92 Å². The topological polar surface area (TPSA) is 56.9 Å². The van der Waals surface area contributed by atoms with Crippen LogP contribution < -0.4 is 0 Å². The highest BCUT2D eigenvalue weighted by molar-refractivity contribution is 7.11. The summed E-state index contributed by atoms with van der Waals surface area (Å²) in [5.74, 6) is -1.22. The van der Waals surface area contributed by atoms with Crippen LogP contribution in [0.4, 0.5) is 4.39 Å². The first-order valence-electron chi connectivity index (χ1n) is 7.32. The normalized spacial score (nSPS) is 11.8. The number of halogens is 2. The molecule has 0 aliphatic rings. The van der Waals surface area contributed by atoms with Gasteiger partial charge in [-0.2, -0.15) is 5.26 Å². The molecular formula is C19H12ClFN2OS. The van der Waals surface area contributed by atoms with Crippen LogP contribution in [0.3, 0.4) is 0 Å². The average molecular weight is 371 g/mol. The SMILES string of the molecule is Cc1ccccc1-c1csc(/C(C#N)=C(/O)c2c(F)cccc2Cl)n1. The van der Waals surface area contributed by atoms with Crippen molar-refractivity contribution in [1.29, 1.82) is 5.26 Å². The Morgan fingerprint density at radius 1 is 1.24 bits per heavy atom. The highest BCUT2D eigenvalue weighted by atomic mass is 35.5. The van der Waals surface area contributed by atoms with E-state index in [1.54, 1.807) is 5.38 Å². The molecule has 0 aliphatic heterocycles. The van der Waals surface area contributed by atoms with Gasteiger partial charge in [-0.1, -0.05) is 41.9 Å². The van der Waals surface area contributed by atoms with Crippen LogP contribution in [0.1, 0.15) is 16.1 Å². The molecule has 0 saturated heterocycles. The number of hydrogen-bond donors (Lipinski definition) is 1. The summed E-state index contributed by atoms with van der Waals surface area (Å²) in [7, 11) is 0. The minimum absolute atomic E-state index is 0.0286. The average Bonchev–Trinajstić information content (AvgIpc) is 3.05. The molecule has 0 bridgehead atoms. The maximum atomic E-state index is 14.0. The van der Waals surface area contributed by atoms with Crippen molar-refractivity contribution in [3.8, 4) is 17.3 Å². The van der Waals surface area contributed by atoms with Gasteiger partial charge in [0.05, 0.1) is 16.3 Å². The van der Waals surface area contributed by atoms with Gasteiger partial charge < -0.3 is 5.11 Å². The van der Waals surface area contributed by atoms with Gasteiger partial charge in [0.2, 0.25) is 0 Å². The van der Waals surface area contributed by atoms with E-state index in [1.807, 2.05) is 37.3 Å². The van der Waals surface area contributed by atoms with Crippen LogP contribution in [-0.2, 0) is 0 Å². The Bertz CT molecular complexity index is 1000. The number of aliphatic hydroxyl groups is 1.